The molecule has 1 atom stereocenters. The summed E-state index contributed by atoms with van der Waals surface area (Å²) in [5, 5.41) is 8.97. The second kappa shape index (κ2) is 8.20. The Hall–Kier alpha value is -1.58. The van der Waals surface area contributed by atoms with Gasteiger partial charge in [0, 0.05) is 23.9 Å². The number of aromatic nitrogens is 2. The third-order valence-corrected chi connectivity index (χ3v) is 5.24. The Morgan fingerprint density at radius 3 is 2.12 bits per heavy atom. The molecule has 0 amide bonds. The van der Waals surface area contributed by atoms with Crippen molar-refractivity contribution >= 4 is 37.6 Å². The highest BCUT2D eigenvalue weighted by atomic mass is 79.9. The van der Waals surface area contributed by atoms with Crippen molar-refractivity contribution in [3.63, 3.8) is 0 Å². The number of nitrogens with zero attached hydrogens (tertiary/aromatic N) is 3. The lowest BCUT2D eigenvalue weighted by Crippen LogP contribution is -2.01. The van der Waals surface area contributed by atoms with Crippen LogP contribution in [0.2, 0.25) is 0 Å². The van der Waals surface area contributed by atoms with E-state index in [9.17, 15) is 4.79 Å². The highest BCUT2D eigenvalue weighted by molar-refractivity contribution is 9.10. The van der Waals surface area contributed by atoms with Crippen molar-refractivity contribution in [1.29, 1.82) is 5.26 Å². The number of Topliss-reactive ketones (excluding diaryl/α,β-unsaturated/α-hetero) is 1. The Kier molecular flexibility index (Phi) is 5.98. The predicted octanol–water partition coefficient (Wildman–Crippen LogP) is 5.30. The normalized spacial score (nSPS) is 17.0. The first-order chi connectivity index (χ1) is 12.1. The number of carbonyl (C=O) groups is 1. The maximum Gasteiger partial charge on any atom is 0.167 e. The molecule has 4 nitrogen and oxygen atoms in total. The van der Waals surface area contributed by atoms with Gasteiger partial charge < -0.3 is 0 Å². The molecule has 0 radical (unpaired) electrons. The summed E-state index contributed by atoms with van der Waals surface area (Å²) in [6.07, 6.45) is 7.90. The van der Waals surface area contributed by atoms with Crippen LogP contribution in [0, 0.1) is 23.2 Å². The van der Waals surface area contributed by atoms with Gasteiger partial charge in [-0.1, -0.05) is 6.07 Å². The Labute approximate surface area is 163 Å². The first kappa shape index (κ1) is 18.2. The van der Waals surface area contributed by atoms with Gasteiger partial charge in [0.15, 0.2) is 5.78 Å². The van der Waals surface area contributed by atoms with Crippen molar-refractivity contribution < 1.29 is 4.79 Å². The average Bonchev–Trinajstić information content (AvgIpc) is 3.50. The molecule has 2 aromatic rings. The van der Waals surface area contributed by atoms with Gasteiger partial charge in [0.2, 0.25) is 0 Å². The number of rotatable bonds is 4. The van der Waals surface area contributed by atoms with Crippen LogP contribution in [-0.2, 0) is 0 Å². The fourth-order valence-corrected chi connectivity index (χ4v) is 3.02. The third kappa shape index (κ3) is 5.20. The van der Waals surface area contributed by atoms with Crippen molar-refractivity contribution in [3.8, 4) is 6.07 Å². The zero-order valence-electron chi connectivity index (χ0n) is 13.5. The van der Waals surface area contributed by atoms with Crippen molar-refractivity contribution in [2.45, 2.75) is 31.6 Å². The van der Waals surface area contributed by atoms with E-state index >= 15 is 0 Å². The molecule has 2 aromatic heterocycles. The first-order valence-corrected chi connectivity index (χ1v) is 9.84. The van der Waals surface area contributed by atoms with E-state index in [1.807, 2.05) is 18.2 Å². The molecule has 6 heteroatoms. The molecule has 2 aliphatic rings. The fourth-order valence-electron chi connectivity index (χ4n) is 2.56. The summed E-state index contributed by atoms with van der Waals surface area (Å²) < 4.78 is 1.60. The number of hydrogen-bond acceptors (Lipinski definition) is 4. The number of nitriles is 1. The number of carbonyl (C=O) groups excluding carboxylic acids is 1. The molecule has 0 aliphatic heterocycles. The minimum atomic E-state index is 0.0561. The second-order valence-corrected chi connectivity index (χ2v) is 7.99. The van der Waals surface area contributed by atoms with Gasteiger partial charge in [-0.25, -0.2) is 9.97 Å². The molecule has 0 bridgehead atoms. The van der Waals surface area contributed by atoms with Gasteiger partial charge in [-0.3, -0.25) is 4.79 Å². The number of hydrogen-bond donors (Lipinski definition) is 0. The summed E-state index contributed by atoms with van der Waals surface area (Å²) in [5.41, 5.74) is 1.79. The average molecular weight is 463 g/mol. The van der Waals surface area contributed by atoms with Crippen LogP contribution in [0.15, 0.2) is 45.9 Å². The maximum absolute atomic E-state index is 11.5. The lowest BCUT2D eigenvalue weighted by molar-refractivity contribution is 0.0967. The molecule has 0 aromatic carbocycles. The van der Waals surface area contributed by atoms with Gasteiger partial charge in [-0.15, -0.1) is 0 Å². The smallest absolute Gasteiger partial charge is 0.167 e. The minimum Gasteiger partial charge on any atom is -0.294 e. The minimum absolute atomic E-state index is 0.0561. The summed E-state index contributed by atoms with van der Waals surface area (Å²) in [4.78, 5) is 19.6. The number of ketones is 1. The van der Waals surface area contributed by atoms with Crippen LogP contribution in [0.4, 0.5) is 0 Å². The van der Waals surface area contributed by atoms with Gasteiger partial charge in [0.25, 0.3) is 0 Å². The van der Waals surface area contributed by atoms with Crippen LogP contribution in [0.3, 0.4) is 0 Å². The van der Waals surface area contributed by atoms with E-state index in [0.29, 0.717) is 5.92 Å². The third-order valence-electron chi connectivity index (χ3n) is 4.30. The second-order valence-electron chi connectivity index (χ2n) is 6.37. The molecule has 2 aliphatic carbocycles. The lowest BCUT2D eigenvalue weighted by atomic mass is 9.98. The van der Waals surface area contributed by atoms with Crippen LogP contribution in [0.5, 0.6) is 0 Å². The van der Waals surface area contributed by atoms with Crippen LogP contribution >= 0.6 is 31.9 Å². The van der Waals surface area contributed by atoms with Gasteiger partial charge in [-0.05, 0) is 87.2 Å². The zero-order valence-corrected chi connectivity index (χ0v) is 16.7. The highest BCUT2D eigenvalue weighted by Gasteiger charge is 2.32. The van der Waals surface area contributed by atoms with Gasteiger partial charge in [-0.2, -0.15) is 5.26 Å². The van der Waals surface area contributed by atoms with E-state index in [1.54, 1.807) is 18.5 Å². The van der Waals surface area contributed by atoms with Crippen LogP contribution in [0.1, 0.15) is 47.5 Å². The van der Waals surface area contributed by atoms with Crippen LogP contribution < -0.4 is 0 Å². The Bertz CT molecular complexity index is 776. The van der Waals surface area contributed by atoms with Crippen LogP contribution in [-0.4, -0.2) is 15.8 Å². The van der Waals surface area contributed by atoms with Gasteiger partial charge in [0.05, 0.1) is 12.0 Å². The standard InChI is InChI=1S/C10H9BrN2.C9H8BrNO/c11-10-4-3-8(6-13-10)9(5-12)7-1-2-7;10-8-4-3-7(5-11-8)9(12)6-1-2-6/h3-4,6-7,9H,1-2H2;3-6H,1-2H2. The van der Waals surface area contributed by atoms with Gasteiger partial charge >= 0.3 is 0 Å². The van der Waals surface area contributed by atoms with Crippen molar-refractivity contribution in [1.82, 2.24) is 9.97 Å². The number of halogens is 2. The summed E-state index contributed by atoms with van der Waals surface area (Å²) in [6, 6.07) is 9.83. The van der Waals surface area contributed by atoms with E-state index in [2.05, 4.69) is 47.9 Å². The Balaban J connectivity index is 0.000000146. The molecule has 0 spiro atoms. The molecule has 0 saturated heterocycles. The van der Waals surface area contributed by atoms with Gasteiger partial charge in [0.1, 0.15) is 9.21 Å². The predicted molar refractivity (Wildman–Crippen MR) is 102 cm³/mol. The van der Waals surface area contributed by atoms with E-state index < -0.39 is 0 Å². The molecular weight excluding hydrogens is 446 g/mol. The fraction of sp³-hybridized carbons (Fsp3) is 0.368. The zero-order chi connectivity index (χ0) is 17.8. The Morgan fingerprint density at radius 2 is 1.68 bits per heavy atom. The summed E-state index contributed by atoms with van der Waals surface area (Å²) in [5.74, 6) is 1.16. The maximum atomic E-state index is 11.5. The van der Waals surface area contributed by atoms with E-state index in [-0.39, 0.29) is 17.6 Å². The van der Waals surface area contributed by atoms with E-state index in [0.717, 1.165) is 33.2 Å². The summed E-state index contributed by atoms with van der Waals surface area (Å²) >= 11 is 6.50. The monoisotopic (exact) mass is 461 g/mol. The van der Waals surface area contributed by atoms with Crippen LogP contribution in [0.25, 0.3) is 0 Å². The molecular formula is C19H17Br2N3O. The summed E-state index contributed by atoms with van der Waals surface area (Å²) in [7, 11) is 0. The SMILES string of the molecule is N#CC(c1ccc(Br)nc1)C1CC1.O=C(c1ccc(Br)nc1)C1CC1. The topological polar surface area (TPSA) is 66.6 Å². The molecule has 25 heavy (non-hydrogen) atoms. The van der Waals surface area contributed by atoms with Crippen molar-refractivity contribution in [2.75, 3.05) is 0 Å². The molecule has 1 unspecified atom stereocenters. The lowest BCUT2D eigenvalue weighted by Gasteiger charge is -2.06. The summed E-state index contributed by atoms with van der Waals surface area (Å²) in [6.45, 7) is 0. The van der Waals surface area contributed by atoms with E-state index in [4.69, 9.17) is 5.26 Å². The molecule has 4 rings (SSSR count). The molecule has 2 fully saturated rings. The highest BCUT2D eigenvalue weighted by Crippen LogP contribution is 2.42. The molecule has 2 heterocycles. The van der Waals surface area contributed by atoms with Crippen molar-refractivity contribution in [2.24, 2.45) is 11.8 Å². The Morgan fingerprint density at radius 1 is 1.04 bits per heavy atom. The molecule has 2 saturated carbocycles. The van der Waals surface area contributed by atoms with E-state index in [1.165, 1.54) is 12.8 Å². The largest absolute Gasteiger partial charge is 0.294 e. The quantitative estimate of drug-likeness (QED) is 0.456. The van der Waals surface area contributed by atoms with Crippen molar-refractivity contribution in [3.05, 3.63) is 57.0 Å². The molecule has 128 valence electrons. The number of pyridine rings is 2. The molecule has 0 N–H and O–H groups in total. The first-order valence-electron chi connectivity index (χ1n) is 8.25.